The molecule has 5 nitrogen and oxygen atoms in total. The summed E-state index contributed by atoms with van der Waals surface area (Å²) >= 11 is 1.50. The van der Waals surface area contributed by atoms with Gasteiger partial charge >= 0.3 is 0 Å². The summed E-state index contributed by atoms with van der Waals surface area (Å²) in [5.41, 5.74) is 1.91. The van der Waals surface area contributed by atoms with Gasteiger partial charge in [0.15, 0.2) is 0 Å². The SMILES string of the molecule is Cc1cc(C(=O)N2CCN(S(=O)(=O)Cc3ccccc3)CC2)sc1C. The number of piperazine rings is 1. The molecule has 0 aliphatic carbocycles. The van der Waals surface area contributed by atoms with Crippen LogP contribution in [0.25, 0.3) is 0 Å². The fraction of sp³-hybridized carbons (Fsp3) is 0.389. The monoisotopic (exact) mass is 378 g/mol. The van der Waals surface area contributed by atoms with E-state index >= 15 is 0 Å². The predicted octanol–water partition coefficient (Wildman–Crippen LogP) is 2.65. The number of carbonyl (C=O) groups is 1. The fourth-order valence-electron chi connectivity index (χ4n) is 2.88. The number of benzene rings is 1. The lowest BCUT2D eigenvalue weighted by atomic mass is 10.2. The van der Waals surface area contributed by atoms with E-state index in [0.29, 0.717) is 26.2 Å². The van der Waals surface area contributed by atoms with E-state index in [1.165, 1.54) is 15.6 Å². The van der Waals surface area contributed by atoms with E-state index in [9.17, 15) is 13.2 Å². The molecule has 1 aromatic heterocycles. The van der Waals surface area contributed by atoms with Crippen molar-refractivity contribution in [2.24, 2.45) is 0 Å². The molecule has 1 aromatic carbocycles. The largest absolute Gasteiger partial charge is 0.335 e. The number of hydrogen-bond donors (Lipinski definition) is 0. The van der Waals surface area contributed by atoms with Gasteiger partial charge in [-0.15, -0.1) is 11.3 Å². The molecule has 0 saturated carbocycles. The highest BCUT2D eigenvalue weighted by Gasteiger charge is 2.29. The molecule has 1 aliphatic heterocycles. The lowest BCUT2D eigenvalue weighted by molar-refractivity contribution is 0.0702. The molecule has 0 atom stereocenters. The minimum Gasteiger partial charge on any atom is -0.335 e. The van der Waals surface area contributed by atoms with E-state index < -0.39 is 10.0 Å². The minimum absolute atomic E-state index is 0.00121. The van der Waals surface area contributed by atoms with Gasteiger partial charge in [-0.1, -0.05) is 30.3 Å². The van der Waals surface area contributed by atoms with Gasteiger partial charge < -0.3 is 4.90 Å². The maximum atomic E-state index is 12.6. The van der Waals surface area contributed by atoms with Crippen LogP contribution < -0.4 is 0 Å². The second-order valence-corrected chi connectivity index (χ2v) is 9.51. The van der Waals surface area contributed by atoms with Crippen molar-refractivity contribution in [1.82, 2.24) is 9.21 Å². The van der Waals surface area contributed by atoms with E-state index in [-0.39, 0.29) is 11.7 Å². The van der Waals surface area contributed by atoms with E-state index in [1.807, 2.05) is 50.2 Å². The van der Waals surface area contributed by atoms with Gasteiger partial charge in [0.05, 0.1) is 10.6 Å². The van der Waals surface area contributed by atoms with Crippen LogP contribution in [0.1, 0.15) is 25.7 Å². The molecule has 0 spiro atoms. The average Bonchev–Trinajstić information content (AvgIpc) is 2.94. The maximum absolute atomic E-state index is 12.6. The molecule has 2 heterocycles. The molecule has 1 amide bonds. The van der Waals surface area contributed by atoms with Crippen LogP contribution in [0.4, 0.5) is 0 Å². The van der Waals surface area contributed by atoms with Crippen molar-refractivity contribution in [2.75, 3.05) is 26.2 Å². The second kappa shape index (κ2) is 7.27. The van der Waals surface area contributed by atoms with Crippen LogP contribution in [-0.4, -0.2) is 49.7 Å². The first-order valence-corrected chi connectivity index (χ1v) is 10.7. The number of hydrogen-bond acceptors (Lipinski definition) is 4. The summed E-state index contributed by atoms with van der Waals surface area (Å²) in [6, 6.07) is 11.1. The summed E-state index contributed by atoms with van der Waals surface area (Å²) in [4.78, 5) is 16.2. The van der Waals surface area contributed by atoms with Crippen LogP contribution in [0.5, 0.6) is 0 Å². The Morgan fingerprint density at radius 1 is 1.08 bits per heavy atom. The summed E-state index contributed by atoms with van der Waals surface area (Å²) in [6.45, 7) is 5.57. The summed E-state index contributed by atoms with van der Waals surface area (Å²) in [5.74, 6) is 0.00627. The first-order chi connectivity index (χ1) is 11.9. The summed E-state index contributed by atoms with van der Waals surface area (Å²) < 4.78 is 26.6. The summed E-state index contributed by atoms with van der Waals surface area (Å²) in [6.07, 6.45) is 0. The summed E-state index contributed by atoms with van der Waals surface area (Å²) in [7, 11) is -3.35. The predicted molar refractivity (Wildman–Crippen MR) is 100 cm³/mol. The van der Waals surface area contributed by atoms with E-state index in [4.69, 9.17) is 0 Å². The molecular weight excluding hydrogens is 356 g/mol. The van der Waals surface area contributed by atoms with Crippen molar-refractivity contribution < 1.29 is 13.2 Å². The number of aryl methyl sites for hydroxylation is 2. The molecular formula is C18H22N2O3S2. The number of sulfonamides is 1. The van der Waals surface area contributed by atoms with Crippen LogP contribution in [0.3, 0.4) is 0 Å². The topological polar surface area (TPSA) is 57.7 Å². The number of amides is 1. The maximum Gasteiger partial charge on any atom is 0.264 e. The Balaban J connectivity index is 1.62. The molecule has 0 radical (unpaired) electrons. The standard InChI is InChI=1S/C18H22N2O3S2/c1-14-12-17(24-15(14)2)18(21)19-8-10-20(11-9-19)25(22,23)13-16-6-4-3-5-7-16/h3-7,12H,8-11,13H2,1-2H3. The molecule has 134 valence electrons. The van der Waals surface area contributed by atoms with Crippen molar-refractivity contribution in [1.29, 1.82) is 0 Å². The third kappa shape index (κ3) is 4.11. The van der Waals surface area contributed by atoms with Gasteiger partial charge in [0.2, 0.25) is 10.0 Å². The van der Waals surface area contributed by atoms with Gasteiger partial charge in [-0.3, -0.25) is 4.79 Å². The molecule has 7 heteroatoms. The molecule has 25 heavy (non-hydrogen) atoms. The Bertz CT molecular complexity index is 832. The van der Waals surface area contributed by atoms with Crippen LogP contribution in [0, 0.1) is 13.8 Å². The van der Waals surface area contributed by atoms with Crippen LogP contribution in [0.15, 0.2) is 36.4 Å². The smallest absolute Gasteiger partial charge is 0.264 e. The zero-order valence-electron chi connectivity index (χ0n) is 14.4. The second-order valence-electron chi connectivity index (χ2n) is 6.28. The highest BCUT2D eigenvalue weighted by atomic mass is 32.2. The third-order valence-electron chi connectivity index (χ3n) is 4.49. The lowest BCUT2D eigenvalue weighted by Crippen LogP contribution is -2.50. The van der Waals surface area contributed by atoms with E-state index in [1.54, 1.807) is 4.90 Å². The number of carbonyl (C=O) groups excluding carboxylic acids is 1. The van der Waals surface area contributed by atoms with Gasteiger partial charge in [-0.2, -0.15) is 4.31 Å². The Kier molecular flexibility index (Phi) is 5.27. The Morgan fingerprint density at radius 3 is 2.28 bits per heavy atom. The van der Waals surface area contributed by atoms with Crippen molar-refractivity contribution in [3.8, 4) is 0 Å². The first kappa shape index (κ1) is 18.1. The fourth-order valence-corrected chi connectivity index (χ4v) is 5.40. The van der Waals surface area contributed by atoms with Gasteiger partial charge in [0.25, 0.3) is 5.91 Å². The van der Waals surface area contributed by atoms with Crippen molar-refractivity contribution in [3.05, 3.63) is 57.3 Å². The average molecular weight is 379 g/mol. The van der Waals surface area contributed by atoms with Crippen molar-refractivity contribution >= 4 is 27.3 Å². The Labute approximate surface area is 152 Å². The molecule has 1 fully saturated rings. The van der Waals surface area contributed by atoms with Gasteiger partial charge in [-0.25, -0.2) is 8.42 Å². The zero-order valence-corrected chi connectivity index (χ0v) is 16.1. The van der Waals surface area contributed by atoms with Crippen LogP contribution >= 0.6 is 11.3 Å². The van der Waals surface area contributed by atoms with Crippen molar-refractivity contribution in [2.45, 2.75) is 19.6 Å². The molecule has 1 saturated heterocycles. The highest BCUT2D eigenvalue weighted by Crippen LogP contribution is 2.23. The highest BCUT2D eigenvalue weighted by molar-refractivity contribution is 7.88. The first-order valence-electron chi connectivity index (χ1n) is 8.25. The number of rotatable bonds is 4. The lowest BCUT2D eigenvalue weighted by Gasteiger charge is -2.33. The summed E-state index contributed by atoms with van der Waals surface area (Å²) in [5, 5.41) is 0. The molecule has 1 aliphatic rings. The molecule has 0 bridgehead atoms. The molecule has 0 N–H and O–H groups in total. The van der Waals surface area contributed by atoms with Gasteiger partial charge in [-0.05, 0) is 31.0 Å². The van der Waals surface area contributed by atoms with E-state index in [0.717, 1.165) is 20.9 Å². The quantitative estimate of drug-likeness (QED) is 0.822. The minimum atomic E-state index is -3.35. The molecule has 2 aromatic rings. The van der Waals surface area contributed by atoms with E-state index in [2.05, 4.69) is 0 Å². The van der Waals surface area contributed by atoms with Gasteiger partial charge in [0, 0.05) is 31.1 Å². The normalized spacial score (nSPS) is 16.2. The van der Waals surface area contributed by atoms with Crippen LogP contribution in [-0.2, 0) is 15.8 Å². The molecule has 0 unspecified atom stereocenters. The number of nitrogens with zero attached hydrogens (tertiary/aromatic N) is 2. The van der Waals surface area contributed by atoms with Gasteiger partial charge in [0.1, 0.15) is 0 Å². The Morgan fingerprint density at radius 2 is 1.72 bits per heavy atom. The Hall–Kier alpha value is -1.70. The van der Waals surface area contributed by atoms with Crippen LogP contribution in [0.2, 0.25) is 0 Å². The van der Waals surface area contributed by atoms with Crippen molar-refractivity contribution in [3.63, 3.8) is 0 Å². The molecule has 3 rings (SSSR count). The third-order valence-corrected chi connectivity index (χ3v) is 7.48. The zero-order chi connectivity index (χ0) is 18.0. The number of thiophene rings is 1.